The van der Waals surface area contributed by atoms with Gasteiger partial charge in [-0.15, -0.1) is 0 Å². The minimum atomic E-state index is 0.0775. The van der Waals surface area contributed by atoms with Crippen molar-refractivity contribution in [2.24, 2.45) is 0 Å². The van der Waals surface area contributed by atoms with Crippen LogP contribution < -0.4 is 14.2 Å². The first-order valence-electron chi connectivity index (χ1n) is 7.37. The quantitative estimate of drug-likeness (QED) is 0.461. The van der Waals surface area contributed by atoms with Crippen LogP contribution in [0.2, 0.25) is 0 Å². The molecule has 1 aromatic carbocycles. The summed E-state index contributed by atoms with van der Waals surface area (Å²) >= 11 is 6.16. The summed E-state index contributed by atoms with van der Waals surface area (Å²) in [6.45, 7) is 1.89. The molecule has 0 aliphatic heterocycles. The number of rotatable bonds is 7. The van der Waals surface area contributed by atoms with E-state index in [1.807, 2.05) is 0 Å². The number of aromatic hydroxyl groups is 1. The van der Waals surface area contributed by atoms with E-state index in [0.717, 1.165) is 9.82 Å². The largest absolute Gasteiger partial charge is 0.506 e. The van der Waals surface area contributed by atoms with E-state index < -0.39 is 0 Å². The van der Waals surface area contributed by atoms with E-state index >= 15 is 0 Å². The molecule has 1 aromatic heterocycles. The van der Waals surface area contributed by atoms with E-state index in [1.54, 1.807) is 32.2 Å². The zero-order chi connectivity index (χ0) is 18.4. The summed E-state index contributed by atoms with van der Waals surface area (Å²) in [7, 11) is 4.63. The standard InChI is InChI=1S/C17H19ClN2O5/c1-11(14-7-6-13(21)9-19-14)20(18)25-10-12-5-8-15(22-2)17(24-4)16(12)23-3/h5-9H,10H2,1-4H3/p+1. The molecule has 134 valence electrons. The maximum atomic E-state index is 9.29. The van der Waals surface area contributed by atoms with Gasteiger partial charge in [-0.2, -0.15) is 0 Å². The minimum Gasteiger partial charge on any atom is -0.506 e. The predicted octanol–water partition coefficient (Wildman–Crippen LogP) is 2.92. The van der Waals surface area contributed by atoms with E-state index in [4.69, 9.17) is 30.8 Å². The Hall–Kier alpha value is -2.67. The van der Waals surface area contributed by atoms with Crippen molar-refractivity contribution in [3.05, 3.63) is 41.7 Å². The lowest BCUT2D eigenvalue weighted by atomic mass is 10.2. The summed E-state index contributed by atoms with van der Waals surface area (Å²) in [6, 6.07) is 6.73. The van der Waals surface area contributed by atoms with Crippen molar-refractivity contribution in [2.45, 2.75) is 13.5 Å². The van der Waals surface area contributed by atoms with Gasteiger partial charge < -0.3 is 19.3 Å². The van der Waals surface area contributed by atoms with Crippen LogP contribution in [-0.2, 0) is 11.4 Å². The second kappa shape index (κ2) is 8.43. The maximum Gasteiger partial charge on any atom is 0.319 e. The number of hydrogen-bond acceptors (Lipinski definition) is 6. The number of hydrogen-bond donors (Lipinski definition) is 1. The molecule has 0 unspecified atom stereocenters. The highest BCUT2D eigenvalue weighted by Gasteiger charge is 2.20. The molecule has 0 aliphatic rings. The Morgan fingerprint density at radius 1 is 1.08 bits per heavy atom. The molecule has 0 fully saturated rings. The Labute approximate surface area is 151 Å². The third-order valence-corrected chi connectivity index (χ3v) is 3.85. The van der Waals surface area contributed by atoms with E-state index in [0.29, 0.717) is 28.7 Å². The first kappa shape index (κ1) is 18.7. The fourth-order valence-electron chi connectivity index (χ4n) is 2.19. The molecule has 0 spiro atoms. The second-order valence-corrected chi connectivity index (χ2v) is 5.31. The summed E-state index contributed by atoms with van der Waals surface area (Å²) < 4.78 is 17.1. The zero-order valence-electron chi connectivity index (χ0n) is 14.4. The van der Waals surface area contributed by atoms with E-state index in [2.05, 4.69) is 4.98 Å². The number of benzene rings is 1. The summed E-state index contributed by atoms with van der Waals surface area (Å²) in [6.07, 6.45) is 1.33. The average molecular weight is 368 g/mol. The fourth-order valence-corrected chi connectivity index (χ4v) is 2.33. The topological polar surface area (TPSA) is 73.1 Å². The molecule has 0 aliphatic carbocycles. The Balaban J connectivity index is 2.22. The smallest absolute Gasteiger partial charge is 0.319 e. The Bertz CT molecular complexity index is 762. The molecule has 1 N–H and O–H groups in total. The molecular weight excluding hydrogens is 348 g/mol. The van der Waals surface area contributed by atoms with Crippen molar-refractivity contribution in [3.63, 3.8) is 0 Å². The predicted molar refractivity (Wildman–Crippen MR) is 92.7 cm³/mol. The lowest BCUT2D eigenvalue weighted by molar-refractivity contribution is -0.688. The molecule has 8 heteroatoms. The highest BCUT2D eigenvalue weighted by Crippen LogP contribution is 2.39. The lowest BCUT2D eigenvalue weighted by Crippen LogP contribution is -2.13. The molecule has 0 bridgehead atoms. The van der Waals surface area contributed by atoms with Gasteiger partial charge in [0.05, 0.1) is 31.8 Å². The van der Waals surface area contributed by atoms with Gasteiger partial charge in [-0.3, -0.25) is 4.84 Å². The number of ether oxygens (including phenoxy) is 3. The van der Waals surface area contributed by atoms with E-state index in [9.17, 15) is 5.11 Å². The van der Waals surface area contributed by atoms with Gasteiger partial charge in [0.25, 0.3) is 5.71 Å². The first-order valence-corrected chi connectivity index (χ1v) is 7.71. The van der Waals surface area contributed by atoms with Crippen LogP contribution in [0.1, 0.15) is 18.2 Å². The van der Waals surface area contributed by atoms with Crippen LogP contribution in [0.4, 0.5) is 0 Å². The van der Waals surface area contributed by atoms with E-state index in [-0.39, 0.29) is 12.4 Å². The lowest BCUT2D eigenvalue weighted by Gasteiger charge is -2.14. The van der Waals surface area contributed by atoms with Crippen molar-refractivity contribution < 1.29 is 28.4 Å². The molecule has 7 nitrogen and oxygen atoms in total. The Kier molecular flexibility index (Phi) is 6.30. The molecule has 0 saturated heterocycles. The molecule has 0 amide bonds. The third-order valence-electron chi connectivity index (χ3n) is 3.50. The Morgan fingerprint density at radius 3 is 2.36 bits per heavy atom. The zero-order valence-corrected chi connectivity index (χ0v) is 15.2. The van der Waals surface area contributed by atoms with Gasteiger partial charge >= 0.3 is 11.8 Å². The van der Waals surface area contributed by atoms with Gasteiger partial charge in [-0.1, -0.05) is 0 Å². The molecule has 0 saturated carbocycles. The summed E-state index contributed by atoms with van der Waals surface area (Å²) in [5.41, 5.74) is 1.88. The van der Waals surface area contributed by atoms with Gasteiger partial charge in [0, 0.05) is 12.5 Å². The molecule has 25 heavy (non-hydrogen) atoms. The van der Waals surface area contributed by atoms with Gasteiger partial charge in [0.15, 0.2) is 18.1 Å². The Morgan fingerprint density at radius 2 is 1.80 bits per heavy atom. The highest BCUT2D eigenvalue weighted by atomic mass is 35.5. The van der Waals surface area contributed by atoms with E-state index in [1.165, 1.54) is 26.5 Å². The molecule has 0 radical (unpaired) electrons. The average Bonchev–Trinajstić information content (AvgIpc) is 2.64. The van der Waals surface area contributed by atoms with Crippen molar-refractivity contribution in [1.29, 1.82) is 0 Å². The van der Waals surface area contributed by atoms with Crippen LogP contribution in [0.3, 0.4) is 0 Å². The number of aromatic nitrogens is 1. The monoisotopic (exact) mass is 367 g/mol. The van der Waals surface area contributed by atoms with Gasteiger partial charge in [0.2, 0.25) is 5.75 Å². The second-order valence-electron chi connectivity index (χ2n) is 5.00. The number of nitrogens with zero attached hydrogens (tertiary/aromatic N) is 2. The summed E-state index contributed by atoms with van der Waals surface area (Å²) in [5.74, 6) is 1.62. The van der Waals surface area contributed by atoms with Crippen LogP contribution in [0, 0.1) is 0 Å². The molecule has 2 aromatic rings. The van der Waals surface area contributed by atoms with Crippen molar-refractivity contribution in [1.82, 2.24) is 4.98 Å². The fraction of sp³-hybridized carbons (Fsp3) is 0.294. The van der Waals surface area contributed by atoms with Crippen LogP contribution in [0.25, 0.3) is 0 Å². The molecule has 2 rings (SSSR count). The maximum absolute atomic E-state index is 9.29. The SMILES string of the molecule is COc1ccc(CO[N+](Cl)=C(C)c2ccc(O)cn2)c(OC)c1OC. The van der Waals surface area contributed by atoms with Crippen molar-refractivity contribution >= 4 is 17.5 Å². The summed E-state index contributed by atoms with van der Waals surface area (Å²) in [4.78, 5) is 9.66. The molecular formula is C17H20ClN2O5+. The van der Waals surface area contributed by atoms with Crippen molar-refractivity contribution in [2.75, 3.05) is 21.3 Å². The first-order chi connectivity index (χ1) is 12.0. The van der Waals surface area contributed by atoms with Crippen LogP contribution >= 0.6 is 11.8 Å². The van der Waals surface area contributed by atoms with Crippen LogP contribution in [0.5, 0.6) is 23.0 Å². The minimum absolute atomic E-state index is 0.0775. The molecule has 1 heterocycles. The number of pyridine rings is 1. The number of methoxy groups -OCH3 is 3. The van der Waals surface area contributed by atoms with Gasteiger partial charge in [-0.25, -0.2) is 4.98 Å². The van der Waals surface area contributed by atoms with Crippen LogP contribution in [-0.4, -0.2) is 41.4 Å². The van der Waals surface area contributed by atoms with Crippen molar-refractivity contribution in [3.8, 4) is 23.0 Å². The van der Waals surface area contributed by atoms with Gasteiger partial charge in [-0.05, 0) is 24.3 Å². The summed E-state index contributed by atoms with van der Waals surface area (Å²) in [5, 5.41) is 9.29. The third kappa shape index (κ3) is 4.24. The highest BCUT2D eigenvalue weighted by molar-refractivity contribution is 6.10. The normalized spacial score (nSPS) is 11.6. The molecule has 0 atom stereocenters. The van der Waals surface area contributed by atoms with Crippen LogP contribution in [0.15, 0.2) is 30.5 Å². The van der Waals surface area contributed by atoms with Gasteiger partial charge in [0.1, 0.15) is 11.4 Å². The number of halogens is 1.